The third kappa shape index (κ3) is 4.46. The van der Waals surface area contributed by atoms with Gasteiger partial charge in [0.25, 0.3) is 5.71 Å². The average Bonchev–Trinajstić information content (AvgIpc) is 3.34. The highest BCUT2D eigenvalue weighted by molar-refractivity contribution is 5.98. The highest BCUT2D eigenvalue weighted by Gasteiger charge is 2.30. The summed E-state index contributed by atoms with van der Waals surface area (Å²) >= 11 is 0. The number of carbonyl (C=O) groups excluding carboxylic acids is 1. The number of piperidine rings is 1. The van der Waals surface area contributed by atoms with Crippen molar-refractivity contribution in [2.75, 3.05) is 37.5 Å². The van der Waals surface area contributed by atoms with Gasteiger partial charge in [0.15, 0.2) is 0 Å². The largest absolute Gasteiger partial charge is 0.497 e. The van der Waals surface area contributed by atoms with E-state index in [9.17, 15) is 9.18 Å². The zero-order valence-electron chi connectivity index (χ0n) is 19.3. The number of anilines is 2. The Labute approximate surface area is 200 Å². The molecule has 1 N–H and O–H groups in total. The van der Waals surface area contributed by atoms with Crippen LogP contribution in [0.2, 0.25) is 0 Å². The Hall–Kier alpha value is -4.21. The molecule has 1 aliphatic rings. The molecule has 4 aromatic rings. The highest BCUT2D eigenvalue weighted by atomic mass is 19.1. The second kappa shape index (κ2) is 9.57. The number of fused-ring (bicyclic) bond motifs is 1. The molecule has 1 atom stereocenters. The standard InChI is InChI=1S/C25H24FN5O4/c1-33-18-9-10-19(20(12-18)34-2)29-24(32)16-4-3-11-31(13-16)23-21-22(15-5-7-17(26)8-6-15)30-35-25(21)28-14-27-23/h5-10,12,14,16H,3-4,11,13H2,1-2H3,(H,29,32). The molecule has 5 rings (SSSR count). The smallest absolute Gasteiger partial charge is 0.263 e. The zero-order valence-corrected chi connectivity index (χ0v) is 19.3. The van der Waals surface area contributed by atoms with Gasteiger partial charge in [-0.15, -0.1) is 0 Å². The van der Waals surface area contributed by atoms with Crippen molar-refractivity contribution >= 4 is 28.5 Å². The van der Waals surface area contributed by atoms with Gasteiger partial charge in [0, 0.05) is 24.7 Å². The Bertz CT molecular complexity index is 1360. The fourth-order valence-electron chi connectivity index (χ4n) is 4.34. The lowest BCUT2D eigenvalue weighted by atomic mass is 9.96. The summed E-state index contributed by atoms with van der Waals surface area (Å²) in [5, 5.41) is 7.78. The normalized spacial score (nSPS) is 15.7. The molecule has 2 aromatic carbocycles. The number of halogens is 1. The van der Waals surface area contributed by atoms with Gasteiger partial charge >= 0.3 is 0 Å². The topological polar surface area (TPSA) is 103 Å². The van der Waals surface area contributed by atoms with Gasteiger partial charge in [0.1, 0.15) is 40.5 Å². The Morgan fingerprint density at radius 2 is 1.97 bits per heavy atom. The van der Waals surface area contributed by atoms with E-state index in [1.54, 1.807) is 44.6 Å². The molecule has 1 unspecified atom stereocenters. The first kappa shape index (κ1) is 22.6. The van der Waals surface area contributed by atoms with Gasteiger partial charge < -0.3 is 24.2 Å². The van der Waals surface area contributed by atoms with Crippen LogP contribution in [0, 0.1) is 11.7 Å². The van der Waals surface area contributed by atoms with E-state index in [4.69, 9.17) is 14.0 Å². The van der Waals surface area contributed by atoms with Crippen molar-refractivity contribution in [2.24, 2.45) is 5.92 Å². The first-order valence-electron chi connectivity index (χ1n) is 11.2. The molecule has 0 aliphatic carbocycles. The molecule has 9 nitrogen and oxygen atoms in total. The molecule has 0 spiro atoms. The molecular weight excluding hydrogens is 453 g/mol. The van der Waals surface area contributed by atoms with Crippen LogP contribution in [0.4, 0.5) is 15.9 Å². The molecule has 0 radical (unpaired) electrons. The van der Waals surface area contributed by atoms with Crippen LogP contribution in [0.3, 0.4) is 0 Å². The van der Waals surface area contributed by atoms with Gasteiger partial charge in [-0.25, -0.2) is 9.37 Å². The number of carbonyl (C=O) groups is 1. The molecule has 0 bridgehead atoms. The van der Waals surface area contributed by atoms with Crippen LogP contribution in [-0.4, -0.2) is 48.3 Å². The van der Waals surface area contributed by atoms with E-state index >= 15 is 0 Å². The summed E-state index contributed by atoms with van der Waals surface area (Å²) in [7, 11) is 3.12. The Kier molecular flexibility index (Phi) is 6.17. The van der Waals surface area contributed by atoms with Crippen LogP contribution in [0.15, 0.2) is 53.3 Å². The lowest BCUT2D eigenvalue weighted by molar-refractivity contribution is -0.120. The number of aromatic nitrogens is 3. The van der Waals surface area contributed by atoms with Crippen LogP contribution in [-0.2, 0) is 4.79 Å². The average molecular weight is 477 g/mol. The second-order valence-electron chi connectivity index (χ2n) is 8.26. The third-order valence-electron chi connectivity index (χ3n) is 6.13. The molecule has 1 fully saturated rings. The number of rotatable bonds is 6. The predicted octanol–water partition coefficient (Wildman–Crippen LogP) is 4.30. The highest BCUT2D eigenvalue weighted by Crippen LogP contribution is 2.35. The Morgan fingerprint density at radius 1 is 1.14 bits per heavy atom. The summed E-state index contributed by atoms with van der Waals surface area (Å²) in [4.78, 5) is 23.9. The number of methoxy groups -OCH3 is 2. The van der Waals surface area contributed by atoms with Crippen LogP contribution in [0.1, 0.15) is 12.8 Å². The van der Waals surface area contributed by atoms with E-state index in [0.29, 0.717) is 51.9 Å². The van der Waals surface area contributed by atoms with Gasteiger partial charge in [-0.2, -0.15) is 4.98 Å². The molecule has 1 saturated heterocycles. The molecule has 1 amide bonds. The number of hydrogen-bond acceptors (Lipinski definition) is 8. The lowest BCUT2D eigenvalue weighted by Crippen LogP contribution is -2.41. The van der Waals surface area contributed by atoms with Gasteiger partial charge in [-0.1, -0.05) is 5.16 Å². The number of amides is 1. The lowest BCUT2D eigenvalue weighted by Gasteiger charge is -2.33. The fourth-order valence-corrected chi connectivity index (χ4v) is 4.34. The second-order valence-corrected chi connectivity index (χ2v) is 8.26. The molecular formula is C25H24FN5O4. The number of nitrogens with zero attached hydrogens (tertiary/aromatic N) is 4. The molecule has 35 heavy (non-hydrogen) atoms. The van der Waals surface area contributed by atoms with Crippen LogP contribution < -0.4 is 19.7 Å². The van der Waals surface area contributed by atoms with Gasteiger partial charge in [-0.3, -0.25) is 4.79 Å². The minimum absolute atomic E-state index is 0.104. The minimum atomic E-state index is -0.337. The maximum Gasteiger partial charge on any atom is 0.263 e. The minimum Gasteiger partial charge on any atom is -0.497 e. The van der Waals surface area contributed by atoms with E-state index in [1.807, 2.05) is 4.90 Å². The Morgan fingerprint density at radius 3 is 2.74 bits per heavy atom. The summed E-state index contributed by atoms with van der Waals surface area (Å²) in [6.07, 6.45) is 2.97. The SMILES string of the molecule is COc1ccc(NC(=O)C2CCCN(c3ncnc4onc(-c5ccc(F)cc5)c34)C2)c(OC)c1. The van der Waals surface area contributed by atoms with Gasteiger partial charge in [-0.05, 0) is 49.2 Å². The van der Waals surface area contributed by atoms with Crippen LogP contribution >= 0.6 is 0 Å². The quantitative estimate of drug-likeness (QED) is 0.439. The number of benzene rings is 2. The monoisotopic (exact) mass is 477 g/mol. The summed E-state index contributed by atoms with van der Waals surface area (Å²) in [6.45, 7) is 1.18. The number of nitrogens with one attached hydrogen (secondary N) is 1. The number of hydrogen-bond donors (Lipinski definition) is 1. The zero-order chi connectivity index (χ0) is 24.4. The summed E-state index contributed by atoms with van der Waals surface area (Å²) in [5.74, 6) is 1.09. The van der Waals surface area contributed by atoms with Crippen molar-refractivity contribution in [1.82, 2.24) is 15.1 Å². The molecule has 3 heterocycles. The summed E-state index contributed by atoms with van der Waals surface area (Å²) < 4.78 is 29.5. The van der Waals surface area contributed by atoms with Gasteiger partial charge in [0.2, 0.25) is 5.91 Å². The van der Waals surface area contributed by atoms with Crippen molar-refractivity contribution in [1.29, 1.82) is 0 Å². The molecule has 1 aliphatic heterocycles. The van der Waals surface area contributed by atoms with Crippen molar-refractivity contribution < 1.29 is 23.2 Å². The molecule has 10 heteroatoms. The maximum atomic E-state index is 13.4. The van der Waals surface area contributed by atoms with Crippen molar-refractivity contribution in [3.63, 3.8) is 0 Å². The van der Waals surface area contributed by atoms with E-state index in [1.165, 1.54) is 18.5 Å². The first-order chi connectivity index (χ1) is 17.1. The van der Waals surface area contributed by atoms with E-state index < -0.39 is 0 Å². The van der Waals surface area contributed by atoms with Crippen molar-refractivity contribution in [3.05, 3.63) is 54.6 Å². The van der Waals surface area contributed by atoms with E-state index in [2.05, 4.69) is 20.4 Å². The summed E-state index contributed by atoms with van der Waals surface area (Å²) in [6, 6.07) is 11.3. The first-order valence-corrected chi connectivity index (χ1v) is 11.2. The maximum absolute atomic E-state index is 13.4. The van der Waals surface area contributed by atoms with Crippen LogP contribution in [0.5, 0.6) is 11.5 Å². The predicted molar refractivity (Wildman–Crippen MR) is 128 cm³/mol. The molecule has 180 valence electrons. The fraction of sp³-hybridized carbons (Fsp3) is 0.280. The number of ether oxygens (including phenoxy) is 2. The van der Waals surface area contributed by atoms with Crippen molar-refractivity contribution in [2.45, 2.75) is 12.8 Å². The summed E-state index contributed by atoms with van der Waals surface area (Å²) in [5.41, 5.74) is 2.14. The molecule has 2 aromatic heterocycles. The van der Waals surface area contributed by atoms with E-state index in [0.717, 1.165) is 19.4 Å². The van der Waals surface area contributed by atoms with Crippen molar-refractivity contribution in [3.8, 4) is 22.8 Å². The van der Waals surface area contributed by atoms with E-state index in [-0.39, 0.29) is 17.6 Å². The Balaban J connectivity index is 1.40. The third-order valence-corrected chi connectivity index (χ3v) is 6.13. The van der Waals surface area contributed by atoms with Gasteiger partial charge in [0.05, 0.1) is 25.8 Å². The molecule has 0 saturated carbocycles. The van der Waals surface area contributed by atoms with Crippen LogP contribution in [0.25, 0.3) is 22.4 Å².